The van der Waals surface area contributed by atoms with Gasteiger partial charge < -0.3 is 5.32 Å². The summed E-state index contributed by atoms with van der Waals surface area (Å²) in [6, 6.07) is 4.22. The molecular weight excluding hydrogens is 252 g/mol. The molecule has 0 saturated carbocycles. The highest BCUT2D eigenvalue weighted by atomic mass is 32.1. The predicted octanol–water partition coefficient (Wildman–Crippen LogP) is 3.39. The molecule has 0 bridgehead atoms. The Morgan fingerprint density at radius 2 is 2.21 bits per heavy atom. The van der Waals surface area contributed by atoms with E-state index in [0.717, 1.165) is 12.5 Å². The van der Waals surface area contributed by atoms with E-state index in [4.69, 9.17) is 0 Å². The first-order chi connectivity index (χ1) is 9.06. The highest BCUT2D eigenvalue weighted by molar-refractivity contribution is 7.07. The van der Waals surface area contributed by atoms with Crippen LogP contribution in [0.1, 0.15) is 39.7 Å². The standard InChI is InChI=1S/C16H28N2S/c1-12(2)7-16-10-18(14(4)9-17-16)13(3)8-15-5-6-19-11-15/h5-6,11-14,16-17H,7-10H2,1-4H3. The largest absolute Gasteiger partial charge is 0.311 e. The summed E-state index contributed by atoms with van der Waals surface area (Å²) in [6.45, 7) is 11.7. The van der Waals surface area contributed by atoms with Gasteiger partial charge in [-0.2, -0.15) is 11.3 Å². The maximum absolute atomic E-state index is 3.70. The van der Waals surface area contributed by atoms with Crippen molar-refractivity contribution < 1.29 is 0 Å². The summed E-state index contributed by atoms with van der Waals surface area (Å²) in [5.41, 5.74) is 1.49. The molecule has 0 amide bonds. The van der Waals surface area contributed by atoms with Gasteiger partial charge in [-0.05, 0) is 55.0 Å². The molecule has 0 spiro atoms. The third kappa shape index (κ3) is 4.30. The molecule has 1 aliphatic heterocycles. The molecule has 3 heteroatoms. The van der Waals surface area contributed by atoms with Gasteiger partial charge in [0, 0.05) is 31.2 Å². The van der Waals surface area contributed by atoms with Crippen LogP contribution in [0.5, 0.6) is 0 Å². The topological polar surface area (TPSA) is 15.3 Å². The van der Waals surface area contributed by atoms with E-state index in [-0.39, 0.29) is 0 Å². The third-order valence-corrected chi connectivity index (χ3v) is 4.86. The van der Waals surface area contributed by atoms with Crippen LogP contribution in [0.4, 0.5) is 0 Å². The molecule has 1 fully saturated rings. The number of nitrogens with one attached hydrogen (secondary N) is 1. The van der Waals surface area contributed by atoms with Crippen LogP contribution in [0.2, 0.25) is 0 Å². The molecule has 0 aliphatic carbocycles. The Morgan fingerprint density at radius 3 is 2.84 bits per heavy atom. The van der Waals surface area contributed by atoms with Crippen molar-refractivity contribution in [2.45, 2.75) is 58.7 Å². The van der Waals surface area contributed by atoms with Crippen LogP contribution in [-0.4, -0.2) is 36.1 Å². The molecule has 1 saturated heterocycles. The van der Waals surface area contributed by atoms with Gasteiger partial charge in [-0.3, -0.25) is 4.90 Å². The summed E-state index contributed by atoms with van der Waals surface area (Å²) in [4.78, 5) is 2.70. The predicted molar refractivity (Wildman–Crippen MR) is 84.9 cm³/mol. The second kappa shape index (κ2) is 6.87. The van der Waals surface area contributed by atoms with Crippen LogP contribution < -0.4 is 5.32 Å². The van der Waals surface area contributed by atoms with Gasteiger partial charge in [0.05, 0.1) is 0 Å². The Bertz CT molecular complexity index is 361. The lowest BCUT2D eigenvalue weighted by Crippen LogP contribution is -2.58. The van der Waals surface area contributed by atoms with Gasteiger partial charge >= 0.3 is 0 Å². The quantitative estimate of drug-likeness (QED) is 0.889. The number of hydrogen-bond donors (Lipinski definition) is 1. The van der Waals surface area contributed by atoms with E-state index < -0.39 is 0 Å². The van der Waals surface area contributed by atoms with Gasteiger partial charge in [0.1, 0.15) is 0 Å². The Kier molecular flexibility index (Phi) is 5.43. The molecule has 3 unspecified atom stereocenters. The van der Waals surface area contributed by atoms with Crippen LogP contribution >= 0.6 is 11.3 Å². The van der Waals surface area contributed by atoms with E-state index in [0.29, 0.717) is 18.1 Å². The zero-order valence-corrected chi connectivity index (χ0v) is 13.5. The van der Waals surface area contributed by atoms with Crippen molar-refractivity contribution >= 4 is 11.3 Å². The van der Waals surface area contributed by atoms with Gasteiger partial charge in [-0.15, -0.1) is 0 Å². The molecular formula is C16H28N2S. The van der Waals surface area contributed by atoms with E-state index in [1.807, 2.05) is 11.3 Å². The number of hydrogen-bond acceptors (Lipinski definition) is 3. The van der Waals surface area contributed by atoms with Crippen molar-refractivity contribution in [2.24, 2.45) is 5.92 Å². The van der Waals surface area contributed by atoms with Gasteiger partial charge in [0.25, 0.3) is 0 Å². The van der Waals surface area contributed by atoms with E-state index in [1.165, 1.54) is 24.9 Å². The number of thiophene rings is 1. The minimum Gasteiger partial charge on any atom is -0.311 e. The Labute approximate surface area is 122 Å². The average Bonchev–Trinajstić information content (AvgIpc) is 2.83. The van der Waals surface area contributed by atoms with Crippen LogP contribution in [-0.2, 0) is 6.42 Å². The lowest BCUT2D eigenvalue weighted by atomic mass is 9.98. The monoisotopic (exact) mass is 280 g/mol. The lowest BCUT2D eigenvalue weighted by molar-refractivity contribution is 0.0923. The first-order valence-electron chi connectivity index (χ1n) is 7.56. The summed E-state index contributed by atoms with van der Waals surface area (Å²) in [5.74, 6) is 0.778. The minimum atomic E-state index is 0.640. The SMILES string of the molecule is CC(C)CC1CN(C(C)Cc2ccsc2)C(C)CN1. The summed E-state index contributed by atoms with van der Waals surface area (Å²) >= 11 is 1.81. The summed E-state index contributed by atoms with van der Waals surface area (Å²) in [7, 11) is 0. The molecule has 1 aromatic rings. The Balaban J connectivity index is 1.92. The van der Waals surface area contributed by atoms with Crippen molar-refractivity contribution in [3.8, 4) is 0 Å². The molecule has 2 rings (SSSR count). The Morgan fingerprint density at radius 1 is 1.42 bits per heavy atom. The summed E-state index contributed by atoms with van der Waals surface area (Å²) < 4.78 is 0. The lowest BCUT2D eigenvalue weighted by Gasteiger charge is -2.43. The van der Waals surface area contributed by atoms with Crippen molar-refractivity contribution in [1.29, 1.82) is 0 Å². The first kappa shape index (κ1) is 15.0. The van der Waals surface area contributed by atoms with E-state index in [2.05, 4.69) is 54.7 Å². The third-order valence-electron chi connectivity index (χ3n) is 4.13. The number of piperazine rings is 1. The van der Waals surface area contributed by atoms with Gasteiger partial charge in [-0.1, -0.05) is 13.8 Å². The van der Waals surface area contributed by atoms with Crippen LogP contribution in [0, 0.1) is 5.92 Å². The molecule has 0 aromatic carbocycles. The Hall–Kier alpha value is -0.380. The fourth-order valence-corrected chi connectivity index (χ4v) is 3.84. The summed E-state index contributed by atoms with van der Waals surface area (Å²) in [6.07, 6.45) is 2.47. The molecule has 2 nitrogen and oxygen atoms in total. The van der Waals surface area contributed by atoms with Crippen molar-refractivity contribution in [3.05, 3.63) is 22.4 Å². The highest BCUT2D eigenvalue weighted by Gasteiger charge is 2.28. The van der Waals surface area contributed by atoms with Crippen LogP contribution in [0.3, 0.4) is 0 Å². The van der Waals surface area contributed by atoms with Gasteiger partial charge in [0.15, 0.2) is 0 Å². The van der Waals surface area contributed by atoms with Crippen LogP contribution in [0.25, 0.3) is 0 Å². The van der Waals surface area contributed by atoms with Gasteiger partial charge in [-0.25, -0.2) is 0 Å². The second-order valence-corrected chi connectivity index (χ2v) is 7.25. The van der Waals surface area contributed by atoms with Crippen LogP contribution in [0.15, 0.2) is 16.8 Å². The summed E-state index contributed by atoms with van der Waals surface area (Å²) in [5, 5.41) is 8.18. The highest BCUT2D eigenvalue weighted by Crippen LogP contribution is 2.19. The average molecular weight is 280 g/mol. The van der Waals surface area contributed by atoms with Crippen molar-refractivity contribution in [2.75, 3.05) is 13.1 Å². The molecule has 3 atom stereocenters. The molecule has 1 aliphatic rings. The fraction of sp³-hybridized carbons (Fsp3) is 0.750. The van der Waals surface area contributed by atoms with E-state index in [9.17, 15) is 0 Å². The molecule has 19 heavy (non-hydrogen) atoms. The smallest absolute Gasteiger partial charge is 0.0198 e. The molecule has 0 radical (unpaired) electrons. The molecule has 108 valence electrons. The van der Waals surface area contributed by atoms with Crippen molar-refractivity contribution in [1.82, 2.24) is 10.2 Å². The molecule has 1 aromatic heterocycles. The van der Waals surface area contributed by atoms with Crippen molar-refractivity contribution in [3.63, 3.8) is 0 Å². The maximum Gasteiger partial charge on any atom is 0.0198 e. The number of nitrogens with zero attached hydrogens (tertiary/aromatic N) is 1. The zero-order valence-electron chi connectivity index (χ0n) is 12.7. The number of rotatable bonds is 5. The second-order valence-electron chi connectivity index (χ2n) is 6.47. The van der Waals surface area contributed by atoms with E-state index >= 15 is 0 Å². The van der Waals surface area contributed by atoms with E-state index in [1.54, 1.807) is 0 Å². The van der Waals surface area contributed by atoms with Gasteiger partial charge in [0.2, 0.25) is 0 Å². The molecule has 1 N–H and O–H groups in total. The fourth-order valence-electron chi connectivity index (χ4n) is 3.16. The maximum atomic E-state index is 3.70. The zero-order chi connectivity index (χ0) is 13.8. The normalized spacial score (nSPS) is 26.8. The first-order valence-corrected chi connectivity index (χ1v) is 8.50. The molecule has 2 heterocycles. The minimum absolute atomic E-state index is 0.640.